The topological polar surface area (TPSA) is 40.6 Å². The minimum atomic E-state index is 0.444. The zero-order valence-electron chi connectivity index (χ0n) is 13.5. The third-order valence-corrected chi connectivity index (χ3v) is 3.50. The molecule has 122 valence electrons. The van der Waals surface area contributed by atoms with Gasteiger partial charge in [0.1, 0.15) is 24.7 Å². The number of nitrogens with zero attached hydrogens (tertiary/aromatic N) is 1. The second-order valence-electron chi connectivity index (χ2n) is 5.24. The maximum atomic E-state index is 5.78. The monoisotopic (exact) mass is 321 g/mol. The smallest absolute Gasteiger partial charge is 0.217 e. The number of ether oxygens (including phenoxy) is 3. The average molecular weight is 321 g/mol. The van der Waals surface area contributed by atoms with Crippen LogP contribution < -0.4 is 14.2 Å². The number of rotatable bonds is 7. The lowest BCUT2D eigenvalue weighted by molar-refractivity contribution is 0.281. The van der Waals surface area contributed by atoms with Crippen LogP contribution >= 0.6 is 0 Å². The summed E-state index contributed by atoms with van der Waals surface area (Å²) in [5.41, 5.74) is 2.17. The van der Waals surface area contributed by atoms with Crippen LogP contribution in [0.5, 0.6) is 17.4 Å². The summed E-state index contributed by atoms with van der Waals surface area (Å²) >= 11 is 0. The molecule has 3 rings (SSSR count). The van der Waals surface area contributed by atoms with Crippen molar-refractivity contribution >= 4 is 0 Å². The molecule has 0 amide bonds. The van der Waals surface area contributed by atoms with Crippen molar-refractivity contribution in [3.63, 3.8) is 0 Å². The molecule has 0 bridgehead atoms. The number of methoxy groups -OCH3 is 1. The lowest BCUT2D eigenvalue weighted by Gasteiger charge is -2.09. The normalized spacial score (nSPS) is 10.2. The number of benzene rings is 2. The van der Waals surface area contributed by atoms with Gasteiger partial charge in [-0.1, -0.05) is 42.5 Å². The summed E-state index contributed by atoms with van der Waals surface area (Å²) in [6.07, 6.45) is 1.68. The lowest BCUT2D eigenvalue weighted by atomic mass is 10.2. The van der Waals surface area contributed by atoms with Gasteiger partial charge in [0, 0.05) is 12.3 Å². The third-order valence-electron chi connectivity index (χ3n) is 3.50. The van der Waals surface area contributed by atoms with Crippen molar-refractivity contribution in [2.75, 3.05) is 7.11 Å². The average Bonchev–Trinajstić information content (AvgIpc) is 2.66. The summed E-state index contributed by atoms with van der Waals surface area (Å²) in [4.78, 5) is 4.22. The Kier molecular flexibility index (Phi) is 5.30. The molecule has 0 unspecified atom stereocenters. The van der Waals surface area contributed by atoms with Gasteiger partial charge in [-0.05, 0) is 29.3 Å². The standard InChI is InChI=1S/C20H19NO3/c1-22-18-9-7-17(8-10-18)15-24-20-13-19(11-12-21-20)23-14-16-5-3-2-4-6-16/h2-13H,14-15H2,1H3. The van der Waals surface area contributed by atoms with Gasteiger partial charge in [0.15, 0.2) is 0 Å². The van der Waals surface area contributed by atoms with Crippen molar-refractivity contribution in [2.24, 2.45) is 0 Å². The molecule has 0 aliphatic heterocycles. The minimum Gasteiger partial charge on any atom is -0.497 e. The molecular weight excluding hydrogens is 302 g/mol. The van der Waals surface area contributed by atoms with Crippen LogP contribution in [0.1, 0.15) is 11.1 Å². The molecule has 24 heavy (non-hydrogen) atoms. The number of pyridine rings is 1. The van der Waals surface area contributed by atoms with Crippen LogP contribution in [0, 0.1) is 0 Å². The second kappa shape index (κ2) is 8.02. The lowest BCUT2D eigenvalue weighted by Crippen LogP contribution is -1.99. The molecule has 1 aromatic heterocycles. The van der Waals surface area contributed by atoms with Crippen LogP contribution in [0.15, 0.2) is 72.9 Å². The highest BCUT2D eigenvalue weighted by Crippen LogP contribution is 2.19. The Labute approximate surface area is 141 Å². The van der Waals surface area contributed by atoms with E-state index in [0.29, 0.717) is 19.1 Å². The molecule has 0 saturated heterocycles. The molecule has 1 heterocycles. The molecule has 2 aromatic carbocycles. The predicted molar refractivity (Wildman–Crippen MR) is 92.3 cm³/mol. The Bertz CT molecular complexity index is 757. The number of hydrogen-bond acceptors (Lipinski definition) is 4. The maximum absolute atomic E-state index is 5.78. The van der Waals surface area contributed by atoms with Gasteiger partial charge in [0.05, 0.1) is 7.11 Å². The highest BCUT2D eigenvalue weighted by atomic mass is 16.5. The van der Waals surface area contributed by atoms with Crippen LogP contribution in [-0.2, 0) is 13.2 Å². The first-order chi connectivity index (χ1) is 11.8. The summed E-state index contributed by atoms with van der Waals surface area (Å²) in [6, 6.07) is 21.4. The van der Waals surface area contributed by atoms with Gasteiger partial charge >= 0.3 is 0 Å². The van der Waals surface area contributed by atoms with Crippen LogP contribution in [0.2, 0.25) is 0 Å². The molecule has 3 aromatic rings. The Morgan fingerprint density at radius 3 is 2.21 bits per heavy atom. The van der Waals surface area contributed by atoms with Gasteiger partial charge in [0.25, 0.3) is 0 Å². The third kappa shape index (κ3) is 4.49. The van der Waals surface area contributed by atoms with Gasteiger partial charge < -0.3 is 14.2 Å². The molecule has 0 radical (unpaired) electrons. The summed E-state index contributed by atoms with van der Waals surface area (Å²) in [6.45, 7) is 0.960. The van der Waals surface area contributed by atoms with Gasteiger partial charge in [-0.15, -0.1) is 0 Å². The summed E-state index contributed by atoms with van der Waals surface area (Å²) in [5, 5.41) is 0. The summed E-state index contributed by atoms with van der Waals surface area (Å²) < 4.78 is 16.6. The fraction of sp³-hybridized carbons (Fsp3) is 0.150. The maximum Gasteiger partial charge on any atom is 0.217 e. The zero-order valence-corrected chi connectivity index (χ0v) is 13.5. The van der Waals surface area contributed by atoms with Crippen LogP contribution in [0.3, 0.4) is 0 Å². The fourth-order valence-electron chi connectivity index (χ4n) is 2.18. The predicted octanol–water partition coefficient (Wildman–Crippen LogP) is 4.25. The van der Waals surface area contributed by atoms with E-state index in [1.165, 1.54) is 0 Å². The minimum absolute atomic E-state index is 0.444. The van der Waals surface area contributed by atoms with E-state index in [4.69, 9.17) is 14.2 Å². The van der Waals surface area contributed by atoms with E-state index in [2.05, 4.69) is 4.98 Å². The van der Waals surface area contributed by atoms with E-state index < -0.39 is 0 Å². The van der Waals surface area contributed by atoms with E-state index in [1.54, 1.807) is 19.4 Å². The SMILES string of the molecule is COc1ccc(COc2cc(OCc3ccccc3)ccn2)cc1. The molecule has 0 saturated carbocycles. The molecule has 0 N–H and O–H groups in total. The van der Waals surface area contributed by atoms with Crippen molar-refractivity contribution in [1.29, 1.82) is 0 Å². The molecule has 4 nitrogen and oxygen atoms in total. The van der Waals surface area contributed by atoms with Crippen molar-refractivity contribution in [3.8, 4) is 17.4 Å². The van der Waals surface area contributed by atoms with Crippen LogP contribution in [0.4, 0.5) is 0 Å². The van der Waals surface area contributed by atoms with E-state index in [0.717, 1.165) is 22.6 Å². The highest BCUT2D eigenvalue weighted by Gasteiger charge is 2.02. The highest BCUT2D eigenvalue weighted by molar-refractivity contribution is 5.29. The van der Waals surface area contributed by atoms with Crippen molar-refractivity contribution in [2.45, 2.75) is 13.2 Å². The molecule has 0 atom stereocenters. The largest absolute Gasteiger partial charge is 0.497 e. The first-order valence-electron chi connectivity index (χ1n) is 7.72. The van der Waals surface area contributed by atoms with E-state index in [1.807, 2.05) is 60.7 Å². The van der Waals surface area contributed by atoms with Gasteiger partial charge in [-0.25, -0.2) is 4.98 Å². The van der Waals surface area contributed by atoms with E-state index in [-0.39, 0.29) is 0 Å². The van der Waals surface area contributed by atoms with Crippen molar-refractivity contribution in [3.05, 3.63) is 84.1 Å². The second-order valence-corrected chi connectivity index (χ2v) is 5.24. The van der Waals surface area contributed by atoms with Gasteiger partial charge in [-0.3, -0.25) is 0 Å². The Balaban J connectivity index is 1.56. The number of hydrogen-bond donors (Lipinski definition) is 0. The zero-order chi connectivity index (χ0) is 16.6. The summed E-state index contributed by atoms with van der Waals surface area (Å²) in [5.74, 6) is 2.10. The van der Waals surface area contributed by atoms with Crippen molar-refractivity contribution in [1.82, 2.24) is 4.98 Å². The van der Waals surface area contributed by atoms with E-state index in [9.17, 15) is 0 Å². The van der Waals surface area contributed by atoms with Gasteiger partial charge in [0.2, 0.25) is 5.88 Å². The van der Waals surface area contributed by atoms with Crippen LogP contribution in [-0.4, -0.2) is 12.1 Å². The molecule has 0 fully saturated rings. The quantitative estimate of drug-likeness (QED) is 0.652. The molecular formula is C20H19NO3. The van der Waals surface area contributed by atoms with Crippen molar-refractivity contribution < 1.29 is 14.2 Å². The Hall–Kier alpha value is -3.01. The Morgan fingerprint density at radius 2 is 1.46 bits per heavy atom. The Morgan fingerprint density at radius 1 is 0.750 bits per heavy atom. The number of aromatic nitrogens is 1. The first kappa shape index (κ1) is 15.9. The van der Waals surface area contributed by atoms with Crippen LogP contribution in [0.25, 0.3) is 0 Å². The molecule has 4 heteroatoms. The fourth-order valence-corrected chi connectivity index (χ4v) is 2.18. The first-order valence-corrected chi connectivity index (χ1v) is 7.72. The molecule has 0 spiro atoms. The molecule has 0 aliphatic carbocycles. The van der Waals surface area contributed by atoms with E-state index >= 15 is 0 Å². The summed E-state index contributed by atoms with van der Waals surface area (Å²) in [7, 11) is 1.65. The molecule has 0 aliphatic rings. The van der Waals surface area contributed by atoms with Gasteiger partial charge in [-0.2, -0.15) is 0 Å².